The number of rotatable bonds is 5. The van der Waals surface area contributed by atoms with Crippen molar-refractivity contribution in [3.8, 4) is 0 Å². The van der Waals surface area contributed by atoms with E-state index in [1.807, 2.05) is 0 Å². The van der Waals surface area contributed by atoms with Crippen LogP contribution in [0.3, 0.4) is 0 Å². The Morgan fingerprint density at radius 3 is 2.31 bits per heavy atom. The summed E-state index contributed by atoms with van der Waals surface area (Å²) in [7, 11) is -2.27. The van der Waals surface area contributed by atoms with E-state index in [0.29, 0.717) is 6.41 Å². The fraction of sp³-hybridized carbons (Fsp3) is 0.833. The van der Waals surface area contributed by atoms with E-state index in [4.69, 9.17) is 0 Å². The molecule has 13 heavy (non-hydrogen) atoms. The van der Waals surface area contributed by atoms with Crippen LogP contribution >= 0.6 is 0 Å². The Morgan fingerprint density at radius 2 is 2.00 bits per heavy atom. The molecule has 0 saturated carbocycles. The molecule has 0 bridgehead atoms. The molecular weight excluding hydrogens is 196 g/mol. The fourth-order valence-corrected chi connectivity index (χ4v) is 1.85. The normalized spacial score (nSPS) is 12.6. The van der Waals surface area contributed by atoms with Gasteiger partial charge in [-0.3, -0.25) is 4.79 Å². The molecule has 0 aromatic heterocycles. The summed E-state index contributed by atoms with van der Waals surface area (Å²) < 4.78 is 25.7. The maximum absolute atomic E-state index is 10.9. The first-order valence-corrected chi connectivity index (χ1v) is 5.12. The first-order chi connectivity index (χ1) is 5.75. The van der Waals surface area contributed by atoms with Crippen LogP contribution in [-0.2, 0) is 19.2 Å². The highest BCUT2D eigenvalue weighted by Crippen LogP contribution is 2.13. The molecule has 0 spiro atoms. The summed E-state index contributed by atoms with van der Waals surface area (Å²) in [6, 6.07) is 0. The first-order valence-electron chi connectivity index (χ1n) is 3.54. The van der Waals surface area contributed by atoms with Gasteiger partial charge in [-0.15, -0.1) is 0 Å². The molecule has 6 nitrogen and oxygen atoms in total. The Labute approximate surface area is 77.7 Å². The zero-order valence-electron chi connectivity index (χ0n) is 7.85. The molecule has 0 aromatic carbocycles. The van der Waals surface area contributed by atoms with Gasteiger partial charge >= 0.3 is 0 Å². The minimum absolute atomic E-state index is 0.342. The van der Waals surface area contributed by atoms with Gasteiger partial charge in [0.2, 0.25) is 6.41 Å². The maximum Gasteiger partial charge on any atom is 0.285 e. The summed E-state index contributed by atoms with van der Waals surface area (Å²) in [5.41, 5.74) is -0.833. The van der Waals surface area contributed by atoms with E-state index in [0.717, 1.165) is 0 Å². The van der Waals surface area contributed by atoms with E-state index in [9.17, 15) is 13.2 Å². The summed E-state index contributed by atoms with van der Waals surface area (Å²) >= 11 is 0. The maximum atomic E-state index is 10.9. The third kappa shape index (κ3) is 3.71. The molecule has 0 saturated heterocycles. The summed E-state index contributed by atoms with van der Waals surface area (Å²) in [4.78, 5) is 11.6. The van der Waals surface area contributed by atoms with E-state index in [-0.39, 0.29) is 5.75 Å². The third-order valence-corrected chi connectivity index (χ3v) is 3.14. The largest absolute Gasteiger partial charge is 0.342 e. The molecule has 2 N–H and O–H groups in total. The quantitative estimate of drug-likeness (QED) is 0.468. The minimum atomic E-state index is -3.76. The zero-order chi connectivity index (χ0) is 10.7. The van der Waals surface area contributed by atoms with Crippen molar-refractivity contribution in [2.45, 2.75) is 19.4 Å². The molecule has 0 unspecified atom stereocenters. The number of hydrogen-bond acceptors (Lipinski definition) is 5. The van der Waals surface area contributed by atoms with E-state index in [1.165, 1.54) is 11.9 Å². The Morgan fingerprint density at radius 1 is 1.54 bits per heavy atom. The minimum Gasteiger partial charge on any atom is -0.342 e. The van der Waals surface area contributed by atoms with Gasteiger partial charge in [0.05, 0.1) is 11.3 Å². The number of hydrogen-bond donors (Lipinski definition) is 1. The van der Waals surface area contributed by atoms with Crippen LogP contribution in [-0.4, -0.2) is 38.1 Å². The Hall–Kier alpha value is -0.660. The summed E-state index contributed by atoms with van der Waals surface area (Å²) in [6.07, 6.45) is 0.548. The number of amides is 1. The highest BCUT2D eigenvalue weighted by Gasteiger charge is 2.29. The Kier molecular flexibility index (Phi) is 3.83. The summed E-state index contributed by atoms with van der Waals surface area (Å²) in [5, 5.41) is 0. The molecule has 78 valence electrons. The van der Waals surface area contributed by atoms with E-state index >= 15 is 0 Å². The number of nitrogens with two attached hydrogens (primary N) is 1. The monoisotopic (exact) mass is 210 g/mol. The van der Waals surface area contributed by atoms with Gasteiger partial charge in [0, 0.05) is 7.05 Å². The van der Waals surface area contributed by atoms with Crippen LogP contribution in [0.25, 0.3) is 0 Å². The molecule has 0 rings (SSSR count). The van der Waals surface area contributed by atoms with Gasteiger partial charge < -0.3 is 4.90 Å². The van der Waals surface area contributed by atoms with Gasteiger partial charge in [-0.2, -0.15) is 18.6 Å². The second-order valence-electron chi connectivity index (χ2n) is 3.33. The van der Waals surface area contributed by atoms with Crippen LogP contribution in [0, 0.1) is 0 Å². The van der Waals surface area contributed by atoms with Crippen LogP contribution < -0.4 is 5.90 Å². The lowest BCUT2D eigenvalue weighted by Gasteiger charge is -2.31. The van der Waals surface area contributed by atoms with Gasteiger partial charge in [-0.1, -0.05) is 0 Å². The van der Waals surface area contributed by atoms with Crippen LogP contribution in [0.1, 0.15) is 13.8 Å². The summed E-state index contributed by atoms with van der Waals surface area (Å²) in [6.45, 7) is 3.19. The lowest BCUT2D eigenvalue weighted by Crippen LogP contribution is -2.46. The molecule has 0 aliphatic rings. The molecule has 0 aromatic rings. The van der Waals surface area contributed by atoms with Crippen molar-refractivity contribution in [1.82, 2.24) is 4.90 Å². The van der Waals surface area contributed by atoms with Gasteiger partial charge in [0.1, 0.15) is 0 Å². The molecule has 0 aliphatic carbocycles. The molecule has 0 aliphatic heterocycles. The zero-order valence-corrected chi connectivity index (χ0v) is 8.67. The SMILES string of the molecule is CN(C=O)C(C)(C)CS(=O)(=O)ON. The average molecular weight is 210 g/mol. The van der Waals surface area contributed by atoms with Crippen molar-refractivity contribution >= 4 is 16.5 Å². The van der Waals surface area contributed by atoms with Gasteiger partial charge in [0.25, 0.3) is 10.1 Å². The lowest BCUT2D eigenvalue weighted by atomic mass is 10.1. The molecule has 0 atom stereocenters. The van der Waals surface area contributed by atoms with E-state index in [1.54, 1.807) is 13.8 Å². The lowest BCUT2D eigenvalue weighted by molar-refractivity contribution is -0.120. The predicted octanol–water partition coefficient (Wildman–Crippen LogP) is -0.927. The van der Waals surface area contributed by atoms with Crippen molar-refractivity contribution in [2.24, 2.45) is 5.90 Å². The molecule has 1 amide bonds. The highest BCUT2D eigenvalue weighted by molar-refractivity contribution is 7.86. The van der Waals surface area contributed by atoms with Crippen molar-refractivity contribution < 1.29 is 17.5 Å². The van der Waals surface area contributed by atoms with Crippen LogP contribution in [0.4, 0.5) is 0 Å². The number of carbonyl (C=O) groups is 1. The average Bonchev–Trinajstić information content (AvgIpc) is 2.01. The van der Waals surface area contributed by atoms with Gasteiger partial charge in [-0.05, 0) is 13.8 Å². The second kappa shape index (κ2) is 4.03. The number of nitrogens with zero attached hydrogens (tertiary/aromatic N) is 1. The standard InChI is InChI=1S/C6H14N2O4S/c1-6(2,8(3)5-9)4-13(10,11)12-7/h5H,4,7H2,1-3H3. The third-order valence-electron chi connectivity index (χ3n) is 1.79. The predicted molar refractivity (Wildman–Crippen MR) is 47.0 cm³/mol. The highest BCUT2D eigenvalue weighted by atomic mass is 32.2. The van der Waals surface area contributed by atoms with E-state index < -0.39 is 15.7 Å². The molecule has 0 heterocycles. The molecular formula is C6H14N2O4S. The van der Waals surface area contributed by atoms with Gasteiger partial charge in [0.15, 0.2) is 0 Å². The second-order valence-corrected chi connectivity index (χ2v) is 4.92. The first kappa shape index (κ1) is 12.3. The number of carbonyl (C=O) groups excluding carboxylic acids is 1. The fourth-order valence-electron chi connectivity index (χ4n) is 0.711. The van der Waals surface area contributed by atoms with Crippen LogP contribution in [0.5, 0.6) is 0 Å². The Balaban J connectivity index is 4.60. The smallest absolute Gasteiger partial charge is 0.285 e. The Bertz CT molecular complexity index is 272. The molecule has 7 heteroatoms. The van der Waals surface area contributed by atoms with E-state index in [2.05, 4.69) is 10.2 Å². The van der Waals surface area contributed by atoms with Crippen molar-refractivity contribution in [3.63, 3.8) is 0 Å². The summed E-state index contributed by atoms with van der Waals surface area (Å²) in [5.74, 6) is 4.22. The van der Waals surface area contributed by atoms with Crippen molar-refractivity contribution in [3.05, 3.63) is 0 Å². The molecule has 0 radical (unpaired) electrons. The van der Waals surface area contributed by atoms with Crippen LogP contribution in [0.2, 0.25) is 0 Å². The van der Waals surface area contributed by atoms with Crippen molar-refractivity contribution in [2.75, 3.05) is 12.8 Å². The van der Waals surface area contributed by atoms with Crippen LogP contribution in [0.15, 0.2) is 0 Å². The van der Waals surface area contributed by atoms with Crippen molar-refractivity contribution in [1.29, 1.82) is 0 Å². The topological polar surface area (TPSA) is 89.7 Å². The van der Waals surface area contributed by atoms with Gasteiger partial charge in [-0.25, -0.2) is 0 Å². The molecule has 0 fully saturated rings.